The van der Waals surface area contributed by atoms with Gasteiger partial charge in [0.15, 0.2) is 0 Å². The standard InChI is InChI=1S/C28H39N3O5/c1-26(2,3)36-25(34)30-22(23(32)29-21-13-12-20(31(21)8)24(33)35-9)17-10-11-18-19(16-17)28(6,7)15-14-27(18,4)5/h10-13,16,22H,14-15H2,1-9H3,(H,29,32)(H,30,34). The number of methoxy groups -OCH3 is 1. The molecule has 1 aliphatic carbocycles. The van der Waals surface area contributed by atoms with Crippen LogP contribution in [0.4, 0.5) is 10.6 Å². The number of alkyl carbamates (subject to hydrolysis) is 1. The summed E-state index contributed by atoms with van der Waals surface area (Å²) in [6.07, 6.45) is 1.40. The van der Waals surface area contributed by atoms with Crippen molar-refractivity contribution in [1.29, 1.82) is 0 Å². The number of nitrogens with zero attached hydrogens (tertiary/aromatic N) is 1. The number of carbonyl (C=O) groups excluding carboxylic acids is 3. The topological polar surface area (TPSA) is 98.7 Å². The molecule has 8 nitrogen and oxygen atoms in total. The number of anilines is 1. The maximum Gasteiger partial charge on any atom is 0.408 e. The third kappa shape index (κ3) is 5.74. The number of ether oxygens (including phenoxy) is 2. The van der Waals surface area contributed by atoms with Gasteiger partial charge in [-0.15, -0.1) is 0 Å². The number of hydrogen-bond donors (Lipinski definition) is 2. The molecule has 36 heavy (non-hydrogen) atoms. The van der Waals surface area contributed by atoms with E-state index in [2.05, 4.69) is 44.4 Å². The van der Waals surface area contributed by atoms with Crippen molar-refractivity contribution in [1.82, 2.24) is 9.88 Å². The minimum absolute atomic E-state index is 0.0209. The van der Waals surface area contributed by atoms with E-state index in [1.165, 1.54) is 22.8 Å². The van der Waals surface area contributed by atoms with Crippen molar-refractivity contribution in [3.63, 3.8) is 0 Å². The Balaban J connectivity index is 2.00. The average Bonchev–Trinajstić information content (AvgIpc) is 3.13. The molecule has 1 aromatic carbocycles. The summed E-state index contributed by atoms with van der Waals surface area (Å²) in [5.74, 6) is -0.567. The summed E-state index contributed by atoms with van der Waals surface area (Å²) in [7, 11) is 2.95. The number of rotatable bonds is 5. The smallest absolute Gasteiger partial charge is 0.408 e. The Morgan fingerprint density at radius 1 is 0.972 bits per heavy atom. The lowest BCUT2D eigenvalue weighted by Crippen LogP contribution is -2.41. The highest BCUT2D eigenvalue weighted by Gasteiger charge is 2.38. The molecule has 196 valence electrons. The second kappa shape index (κ2) is 9.64. The quantitative estimate of drug-likeness (QED) is 0.542. The van der Waals surface area contributed by atoms with E-state index in [4.69, 9.17) is 9.47 Å². The van der Waals surface area contributed by atoms with Crippen molar-refractivity contribution >= 4 is 23.8 Å². The highest BCUT2D eigenvalue weighted by Crippen LogP contribution is 2.46. The van der Waals surface area contributed by atoms with Gasteiger partial charge in [0.2, 0.25) is 0 Å². The SMILES string of the molecule is COC(=O)c1ccc(NC(=O)C(NC(=O)OC(C)(C)C)c2ccc3c(c2)C(C)(C)CCC3(C)C)n1C. The molecule has 1 heterocycles. The molecule has 2 N–H and O–H groups in total. The van der Waals surface area contributed by atoms with Gasteiger partial charge in [0.25, 0.3) is 5.91 Å². The lowest BCUT2D eigenvalue weighted by molar-refractivity contribution is -0.118. The van der Waals surface area contributed by atoms with Crippen LogP contribution in [0.5, 0.6) is 0 Å². The second-order valence-corrected chi connectivity index (χ2v) is 11.8. The molecule has 1 aromatic heterocycles. The van der Waals surface area contributed by atoms with Crippen molar-refractivity contribution in [3.8, 4) is 0 Å². The summed E-state index contributed by atoms with van der Waals surface area (Å²) in [6.45, 7) is 14.2. The molecule has 1 unspecified atom stereocenters. The lowest BCUT2D eigenvalue weighted by Gasteiger charge is -2.42. The number of nitrogens with one attached hydrogen (secondary N) is 2. The molecule has 0 spiro atoms. The Hall–Kier alpha value is -3.29. The van der Waals surface area contributed by atoms with Crippen LogP contribution in [0.15, 0.2) is 30.3 Å². The highest BCUT2D eigenvalue weighted by atomic mass is 16.6. The first-order valence-corrected chi connectivity index (χ1v) is 12.2. The van der Waals surface area contributed by atoms with Crippen molar-refractivity contribution in [2.45, 2.75) is 83.8 Å². The third-order valence-corrected chi connectivity index (χ3v) is 6.90. The Bertz CT molecular complexity index is 1170. The van der Waals surface area contributed by atoms with Gasteiger partial charge in [-0.1, -0.05) is 45.9 Å². The lowest BCUT2D eigenvalue weighted by atomic mass is 9.63. The van der Waals surface area contributed by atoms with Gasteiger partial charge in [0, 0.05) is 7.05 Å². The van der Waals surface area contributed by atoms with E-state index in [9.17, 15) is 14.4 Å². The van der Waals surface area contributed by atoms with E-state index >= 15 is 0 Å². The molecule has 0 saturated carbocycles. The van der Waals surface area contributed by atoms with Crippen molar-refractivity contribution in [3.05, 3.63) is 52.7 Å². The molecule has 0 fully saturated rings. The molecule has 2 aromatic rings. The van der Waals surface area contributed by atoms with Gasteiger partial charge in [-0.25, -0.2) is 9.59 Å². The van der Waals surface area contributed by atoms with Crippen LogP contribution in [0, 0.1) is 0 Å². The maximum atomic E-state index is 13.6. The van der Waals surface area contributed by atoms with E-state index < -0.39 is 29.6 Å². The number of benzene rings is 1. The van der Waals surface area contributed by atoms with E-state index in [1.807, 2.05) is 12.1 Å². The first-order chi connectivity index (χ1) is 16.6. The van der Waals surface area contributed by atoms with Gasteiger partial charge in [-0.05, 0) is 73.3 Å². The monoisotopic (exact) mass is 497 g/mol. The zero-order valence-corrected chi connectivity index (χ0v) is 22.9. The summed E-state index contributed by atoms with van der Waals surface area (Å²) < 4.78 is 11.8. The van der Waals surface area contributed by atoms with Gasteiger partial charge in [-0.3, -0.25) is 4.79 Å². The summed E-state index contributed by atoms with van der Waals surface area (Å²) >= 11 is 0. The van der Waals surface area contributed by atoms with Crippen molar-refractivity contribution < 1.29 is 23.9 Å². The Labute approximate surface area is 213 Å². The fourth-order valence-corrected chi connectivity index (χ4v) is 4.66. The Morgan fingerprint density at radius 3 is 2.17 bits per heavy atom. The molecular weight excluding hydrogens is 458 g/mol. The number of carbonyl (C=O) groups is 3. The minimum Gasteiger partial charge on any atom is -0.464 e. The fraction of sp³-hybridized carbons (Fsp3) is 0.536. The van der Waals surface area contributed by atoms with Gasteiger partial charge in [0.05, 0.1) is 7.11 Å². The van der Waals surface area contributed by atoms with E-state index in [0.717, 1.165) is 12.8 Å². The van der Waals surface area contributed by atoms with Crippen molar-refractivity contribution in [2.75, 3.05) is 12.4 Å². The van der Waals surface area contributed by atoms with Crippen LogP contribution in [0.1, 0.15) is 94.5 Å². The molecular formula is C28H39N3O5. The van der Waals surface area contributed by atoms with Crippen LogP contribution in [-0.4, -0.2) is 35.2 Å². The minimum atomic E-state index is -1.01. The molecule has 1 atom stereocenters. The predicted octanol–water partition coefficient (Wildman–Crippen LogP) is 5.37. The number of hydrogen-bond acceptors (Lipinski definition) is 5. The van der Waals surface area contributed by atoms with Gasteiger partial charge < -0.3 is 24.7 Å². The molecule has 0 saturated heterocycles. The van der Waals surface area contributed by atoms with Gasteiger partial charge in [-0.2, -0.15) is 0 Å². The number of aromatic nitrogens is 1. The second-order valence-electron chi connectivity index (χ2n) is 11.8. The Kier molecular flexibility index (Phi) is 7.31. The number of esters is 1. The summed E-state index contributed by atoms with van der Waals surface area (Å²) in [6, 6.07) is 8.18. The first kappa shape index (κ1) is 27.3. The largest absolute Gasteiger partial charge is 0.464 e. The molecule has 0 aliphatic heterocycles. The summed E-state index contributed by atoms with van der Waals surface area (Å²) in [5, 5.41) is 5.59. The Morgan fingerprint density at radius 2 is 1.58 bits per heavy atom. The maximum absolute atomic E-state index is 13.6. The number of fused-ring (bicyclic) bond motifs is 1. The average molecular weight is 498 g/mol. The molecule has 2 amide bonds. The summed E-state index contributed by atoms with van der Waals surface area (Å²) in [5.41, 5.74) is 2.61. The highest BCUT2D eigenvalue weighted by molar-refractivity contribution is 5.98. The van der Waals surface area contributed by atoms with E-state index in [-0.39, 0.29) is 10.8 Å². The van der Waals surface area contributed by atoms with Crippen LogP contribution < -0.4 is 10.6 Å². The van der Waals surface area contributed by atoms with Crippen LogP contribution in [0.25, 0.3) is 0 Å². The first-order valence-electron chi connectivity index (χ1n) is 12.2. The molecule has 1 aliphatic rings. The van der Waals surface area contributed by atoms with Crippen LogP contribution in [0.3, 0.4) is 0 Å². The molecule has 8 heteroatoms. The predicted molar refractivity (Wildman–Crippen MR) is 139 cm³/mol. The van der Waals surface area contributed by atoms with Crippen LogP contribution in [-0.2, 0) is 32.1 Å². The van der Waals surface area contributed by atoms with E-state index in [1.54, 1.807) is 40.0 Å². The normalized spacial score (nSPS) is 16.9. The summed E-state index contributed by atoms with van der Waals surface area (Å²) in [4.78, 5) is 38.3. The van der Waals surface area contributed by atoms with Crippen LogP contribution >= 0.6 is 0 Å². The van der Waals surface area contributed by atoms with E-state index in [0.29, 0.717) is 17.1 Å². The molecule has 3 rings (SSSR count). The fourth-order valence-electron chi connectivity index (χ4n) is 4.66. The number of amides is 2. The zero-order chi connectivity index (χ0) is 27.1. The van der Waals surface area contributed by atoms with Crippen molar-refractivity contribution in [2.24, 2.45) is 7.05 Å². The molecule has 0 radical (unpaired) electrons. The van der Waals surface area contributed by atoms with Crippen LogP contribution in [0.2, 0.25) is 0 Å². The molecule has 0 bridgehead atoms. The van der Waals surface area contributed by atoms with Gasteiger partial charge >= 0.3 is 12.1 Å². The zero-order valence-electron chi connectivity index (χ0n) is 22.9. The third-order valence-electron chi connectivity index (χ3n) is 6.90. The van der Waals surface area contributed by atoms with Gasteiger partial charge in [0.1, 0.15) is 23.2 Å².